The smallest absolute Gasteiger partial charge is 0.337 e. The molecule has 0 aromatic heterocycles. The zero-order chi connectivity index (χ0) is 17.4. The molecule has 0 fully saturated rings. The molecule has 0 radical (unpaired) electrons. The lowest BCUT2D eigenvalue weighted by atomic mass is 10.2. The van der Waals surface area contributed by atoms with E-state index in [1.807, 2.05) is 0 Å². The lowest BCUT2D eigenvalue weighted by Crippen LogP contribution is -2.44. The van der Waals surface area contributed by atoms with Gasteiger partial charge in [-0.1, -0.05) is 42.5 Å². The molecule has 0 heterocycles. The minimum Gasteiger partial charge on any atom is -0.489 e. The van der Waals surface area contributed by atoms with Crippen LogP contribution in [0.3, 0.4) is 0 Å². The number of benzene rings is 2. The van der Waals surface area contributed by atoms with Crippen LogP contribution in [0.4, 0.5) is 10.5 Å². The molecule has 2 aromatic rings. The Morgan fingerprint density at radius 3 is 2.67 bits per heavy atom. The minimum absolute atomic E-state index is 0.271. The maximum absolute atomic E-state index is 12.2. The first kappa shape index (κ1) is 17.4. The second kappa shape index (κ2) is 8.59. The van der Waals surface area contributed by atoms with Gasteiger partial charge >= 0.3 is 6.03 Å². The fraction of sp³-hybridized carbons (Fsp3) is 0.0588. The van der Waals surface area contributed by atoms with E-state index >= 15 is 0 Å². The third kappa shape index (κ3) is 5.03. The van der Waals surface area contributed by atoms with Crippen molar-refractivity contribution in [3.8, 4) is 5.75 Å². The molecule has 6 nitrogen and oxygen atoms in total. The van der Waals surface area contributed by atoms with Gasteiger partial charge in [-0.25, -0.2) is 10.2 Å². The molecule has 0 spiro atoms. The maximum Gasteiger partial charge on any atom is 0.337 e. The van der Waals surface area contributed by atoms with E-state index in [0.717, 1.165) is 0 Å². The molecule has 0 unspecified atom stereocenters. The van der Waals surface area contributed by atoms with Crippen molar-refractivity contribution in [2.45, 2.75) is 0 Å². The van der Waals surface area contributed by atoms with Crippen molar-refractivity contribution < 1.29 is 14.3 Å². The molecule has 2 aromatic carbocycles. The highest BCUT2D eigenvalue weighted by Crippen LogP contribution is 2.17. The molecule has 2 rings (SSSR count). The third-order valence-electron chi connectivity index (χ3n) is 2.86. The average molecular weight is 346 g/mol. The van der Waals surface area contributed by atoms with E-state index in [4.69, 9.17) is 16.3 Å². The molecule has 0 aliphatic rings. The van der Waals surface area contributed by atoms with E-state index in [1.165, 1.54) is 0 Å². The molecular weight excluding hydrogens is 330 g/mol. The third-order valence-corrected chi connectivity index (χ3v) is 3.10. The first-order valence-corrected chi connectivity index (χ1v) is 7.43. The van der Waals surface area contributed by atoms with E-state index in [-0.39, 0.29) is 6.61 Å². The Morgan fingerprint density at radius 2 is 1.92 bits per heavy atom. The van der Waals surface area contributed by atoms with Crippen molar-refractivity contribution in [3.63, 3.8) is 0 Å². The standard InChI is InChI=1S/C17H16ClN3O3/c1-2-10-24-15-9-4-3-8-14(15)16(22)20-21-17(23)19-13-7-5-6-12(18)11-13/h2-9,11H,1,10H2,(H,20,22)(H2,19,21,23). The minimum atomic E-state index is -0.602. The van der Waals surface area contributed by atoms with Gasteiger partial charge in [-0.2, -0.15) is 0 Å². The van der Waals surface area contributed by atoms with Gasteiger partial charge in [0.1, 0.15) is 12.4 Å². The monoisotopic (exact) mass is 345 g/mol. The first-order chi connectivity index (χ1) is 11.6. The van der Waals surface area contributed by atoms with Crippen molar-refractivity contribution in [3.05, 3.63) is 71.8 Å². The number of halogens is 1. The van der Waals surface area contributed by atoms with E-state index in [9.17, 15) is 9.59 Å². The van der Waals surface area contributed by atoms with E-state index < -0.39 is 11.9 Å². The summed E-state index contributed by atoms with van der Waals surface area (Å²) in [7, 11) is 0. The number of anilines is 1. The fourth-order valence-electron chi connectivity index (χ4n) is 1.84. The molecule has 0 saturated heterocycles. The summed E-state index contributed by atoms with van der Waals surface area (Å²) >= 11 is 5.83. The Balaban J connectivity index is 1.93. The number of nitrogens with one attached hydrogen (secondary N) is 3. The highest BCUT2D eigenvalue weighted by molar-refractivity contribution is 6.30. The van der Waals surface area contributed by atoms with E-state index in [2.05, 4.69) is 22.7 Å². The van der Waals surface area contributed by atoms with Crippen LogP contribution in [0.15, 0.2) is 61.2 Å². The van der Waals surface area contributed by atoms with Crippen LogP contribution < -0.4 is 20.9 Å². The number of urea groups is 1. The van der Waals surface area contributed by atoms with Crippen LogP contribution in [0.5, 0.6) is 5.75 Å². The van der Waals surface area contributed by atoms with Crippen LogP contribution in [-0.4, -0.2) is 18.5 Å². The van der Waals surface area contributed by atoms with Crippen molar-refractivity contribution >= 4 is 29.2 Å². The van der Waals surface area contributed by atoms with Gasteiger partial charge in [-0.15, -0.1) is 0 Å². The second-order valence-corrected chi connectivity index (χ2v) is 5.08. The number of carbonyl (C=O) groups is 2. The van der Waals surface area contributed by atoms with Crippen LogP contribution >= 0.6 is 11.6 Å². The summed E-state index contributed by atoms with van der Waals surface area (Å²) in [5.74, 6) is -0.108. The normalized spacial score (nSPS) is 9.71. The van der Waals surface area contributed by atoms with Gasteiger partial charge in [0.15, 0.2) is 0 Å². The molecule has 0 aliphatic carbocycles. The Morgan fingerprint density at radius 1 is 1.12 bits per heavy atom. The number of amides is 3. The summed E-state index contributed by atoms with van der Waals surface area (Å²) in [6.45, 7) is 3.83. The molecular formula is C17H16ClN3O3. The predicted molar refractivity (Wildman–Crippen MR) is 93.2 cm³/mol. The molecule has 3 N–H and O–H groups in total. The summed E-state index contributed by atoms with van der Waals surface area (Å²) in [5.41, 5.74) is 5.37. The van der Waals surface area contributed by atoms with Gasteiger partial charge in [0.25, 0.3) is 5.91 Å². The van der Waals surface area contributed by atoms with E-state index in [0.29, 0.717) is 22.0 Å². The van der Waals surface area contributed by atoms with Gasteiger partial charge in [0.05, 0.1) is 5.56 Å². The van der Waals surface area contributed by atoms with Gasteiger partial charge in [0, 0.05) is 10.7 Å². The molecule has 0 saturated carbocycles. The number of carbonyl (C=O) groups excluding carboxylic acids is 2. The van der Waals surface area contributed by atoms with Crippen LogP contribution in [0.25, 0.3) is 0 Å². The number of ether oxygens (including phenoxy) is 1. The topological polar surface area (TPSA) is 79.5 Å². The second-order valence-electron chi connectivity index (χ2n) is 4.64. The zero-order valence-corrected chi connectivity index (χ0v) is 13.5. The first-order valence-electron chi connectivity index (χ1n) is 7.06. The quantitative estimate of drug-likeness (QED) is 0.574. The molecule has 0 atom stereocenters. The molecule has 7 heteroatoms. The molecule has 124 valence electrons. The highest BCUT2D eigenvalue weighted by Gasteiger charge is 2.12. The SMILES string of the molecule is C=CCOc1ccccc1C(=O)NNC(=O)Nc1cccc(Cl)c1. The van der Waals surface area contributed by atoms with Crippen LogP contribution in [0.1, 0.15) is 10.4 Å². The predicted octanol–water partition coefficient (Wildman–Crippen LogP) is 3.37. The Hall–Kier alpha value is -2.99. The molecule has 24 heavy (non-hydrogen) atoms. The fourth-order valence-corrected chi connectivity index (χ4v) is 2.03. The Labute approximate surface area is 144 Å². The van der Waals surface area contributed by atoms with Crippen molar-refractivity contribution in [1.82, 2.24) is 10.9 Å². The van der Waals surface area contributed by atoms with Crippen LogP contribution in [0, 0.1) is 0 Å². The van der Waals surface area contributed by atoms with Gasteiger partial charge < -0.3 is 10.1 Å². The summed E-state index contributed by atoms with van der Waals surface area (Å²) in [5, 5.41) is 3.04. The lowest BCUT2D eigenvalue weighted by Gasteiger charge is -2.12. The largest absolute Gasteiger partial charge is 0.489 e. The molecule has 0 aliphatic heterocycles. The average Bonchev–Trinajstić information content (AvgIpc) is 2.58. The number of hydrazine groups is 1. The number of hydrogen-bond donors (Lipinski definition) is 3. The summed E-state index contributed by atoms with van der Waals surface area (Å²) in [6.07, 6.45) is 1.57. The zero-order valence-electron chi connectivity index (χ0n) is 12.7. The number of rotatable bonds is 5. The van der Waals surface area contributed by atoms with Crippen LogP contribution in [-0.2, 0) is 0 Å². The number of hydrogen-bond acceptors (Lipinski definition) is 3. The maximum atomic E-state index is 12.2. The summed E-state index contributed by atoms with van der Waals surface area (Å²) in [4.78, 5) is 24.0. The van der Waals surface area contributed by atoms with Crippen molar-refractivity contribution in [2.24, 2.45) is 0 Å². The van der Waals surface area contributed by atoms with Crippen LogP contribution in [0.2, 0.25) is 5.02 Å². The highest BCUT2D eigenvalue weighted by atomic mass is 35.5. The van der Waals surface area contributed by atoms with Gasteiger partial charge in [-0.3, -0.25) is 10.2 Å². The molecule has 0 bridgehead atoms. The van der Waals surface area contributed by atoms with Crippen molar-refractivity contribution in [1.29, 1.82) is 0 Å². The van der Waals surface area contributed by atoms with Crippen molar-refractivity contribution in [2.75, 3.05) is 11.9 Å². The van der Waals surface area contributed by atoms with E-state index in [1.54, 1.807) is 54.6 Å². The van der Waals surface area contributed by atoms with Gasteiger partial charge in [-0.05, 0) is 30.3 Å². The molecule has 3 amide bonds. The Bertz CT molecular complexity index is 749. The summed E-state index contributed by atoms with van der Waals surface area (Å²) < 4.78 is 5.40. The Kier molecular flexibility index (Phi) is 6.22. The van der Waals surface area contributed by atoms with Gasteiger partial charge in [0.2, 0.25) is 0 Å². The number of para-hydroxylation sites is 1. The summed E-state index contributed by atoms with van der Waals surface area (Å²) in [6, 6.07) is 12.7. The lowest BCUT2D eigenvalue weighted by molar-refractivity contribution is 0.0934.